The zero-order valence-electron chi connectivity index (χ0n) is 11.9. The van der Waals surface area contributed by atoms with Crippen LogP contribution in [0.3, 0.4) is 0 Å². The third-order valence-electron chi connectivity index (χ3n) is 2.96. The van der Waals surface area contributed by atoms with Crippen molar-refractivity contribution >= 4 is 21.8 Å². The highest BCUT2D eigenvalue weighted by atomic mass is 79.9. The quantitative estimate of drug-likeness (QED) is 0.851. The van der Waals surface area contributed by atoms with Crippen LogP contribution in [0.2, 0.25) is 0 Å². The number of carbonyl (C=O) groups excluding carboxylic acids is 1. The fourth-order valence-electron chi connectivity index (χ4n) is 1.97. The van der Waals surface area contributed by atoms with Gasteiger partial charge in [-0.25, -0.2) is 0 Å². The van der Waals surface area contributed by atoms with E-state index in [2.05, 4.69) is 21.2 Å². The van der Waals surface area contributed by atoms with Gasteiger partial charge in [0.15, 0.2) is 0 Å². The number of nitrogens with zero attached hydrogens (tertiary/aromatic N) is 1. The molecule has 2 rings (SSSR count). The van der Waals surface area contributed by atoms with Gasteiger partial charge in [-0.15, -0.1) is 0 Å². The Morgan fingerprint density at radius 1 is 1.42 bits per heavy atom. The molecular formula is C15H21BrN2O. The second-order valence-electron chi connectivity index (χ2n) is 4.08. The van der Waals surface area contributed by atoms with Crippen LogP contribution in [0.1, 0.15) is 38.8 Å². The highest BCUT2D eigenvalue weighted by molar-refractivity contribution is 9.10. The van der Waals surface area contributed by atoms with Gasteiger partial charge in [0.25, 0.3) is 0 Å². The molecule has 3 nitrogen and oxygen atoms in total. The molecular weight excluding hydrogens is 304 g/mol. The van der Waals surface area contributed by atoms with E-state index in [9.17, 15) is 4.79 Å². The first kappa shape index (κ1) is 15.8. The zero-order chi connectivity index (χ0) is 14.4. The second-order valence-corrected chi connectivity index (χ2v) is 5.00. The van der Waals surface area contributed by atoms with E-state index in [0.29, 0.717) is 6.42 Å². The first-order valence-electron chi connectivity index (χ1n) is 6.56. The molecule has 19 heavy (non-hydrogen) atoms. The van der Waals surface area contributed by atoms with E-state index in [-0.39, 0.29) is 11.9 Å². The Labute approximate surface area is 123 Å². The van der Waals surface area contributed by atoms with Gasteiger partial charge in [-0.1, -0.05) is 41.9 Å². The minimum Gasteiger partial charge on any atom is -0.364 e. The molecule has 1 unspecified atom stereocenters. The molecule has 0 bridgehead atoms. The molecule has 1 aromatic carbocycles. The Kier molecular flexibility index (Phi) is 6.09. The van der Waals surface area contributed by atoms with Crippen LogP contribution in [0.25, 0.3) is 0 Å². The molecule has 0 aromatic heterocycles. The third kappa shape index (κ3) is 3.83. The number of amides is 1. The lowest BCUT2D eigenvalue weighted by atomic mass is 10.0. The Morgan fingerprint density at radius 3 is 2.68 bits per heavy atom. The van der Waals surface area contributed by atoms with Crippen molar-refractivity contribution in [1.82, 2.24) is 10.2 Å². The van der Waals surface area contributed by atoms with E-state index in [4.69, 9.17) is 0 Å². The first-order valence-corrected chi connectivity index (χ1v) is 7.36. The number of hydrogen-bond donors (Lipinski definition) is 1. The standard InChI is InChI=1S/C13H15BrN2O.C2H6/c1-3-12-15-11(8-13(17)16(12)2)9-5-4-6-10(14)7-9;1-2/h3-7,11,15H,8H2,1-2H3;1-2H3/b12-3-;. The molecule has 1 aliphatic rings. The van der Waals surface area contributed by atoms with Crippen molar-refractivity contribution < 1.29 is 4.79 Å². The zero-order valence-corrected chi connectivity index (χ0v) is 13.5. The minimum absolute atomic E-state index is 0.0578. The minimum atomic E-state index is 0.0578. The number of halogens is 1. The molecule has 1 aromatic rings. The van der Waals surface area contributed by atoms with Gasteiger partial charge in [0.2, 0.25) is 5.91 Å². The third-order valence-corrected chi connectivity index (χ3v) is 3.45. The normalized spacial score (nSPS) is 20.7. The van der Waals surface area contributed by atoms with E-state index >= 15 is 0 Å². The van der Waals surface area contributed by atoms with Crippen LogP contribution in [0.5, 0.6) is 0 Å². The van der Waals surface area contributed by atoms with Crippen LogP contribution in [-0.2, 0) is 4.79 Å². The molecule has 1 heterocycles. The van der Waals surface area contributed by atoms with Gasteiger partial charge >= 0.3 is 0 Å². The van der Waals surface area contributed by atoms with Crippen LogP contribution in [0.4, 0.5) is 0 Å². The van der Waals surface area contributed by atoms with Crippen molar-refractivity contribution in [3.63, 3.8) is 0 Å². The van der Waals surface area contributed by atoms with Crippen molar-refractivity contribution in [2.75, 3.05) is 7.05 Å². The SMILES string of the molecule is C/C=C1/NC(c2cccc(Br)c2)CC(=O)N1C.CC. The van der Waals surface area contributed by atoms with Gasteiger partial charge in [-0.05, 0) is 30.7 Å². The van der Waals surface area contributed by atoms with Crippen molar-refractivity contribution in [3.8, 4) is 0 Å². The summed E-state index contributed by atoms with van der Waals surface area (Å²) in [6.45, 7) is 5.93. The van der Waals surface area contributed by atoms with E-state index in [0.717, 1.165) is 15.9 Å². The lowest BCUT2D eigenvalue weighted by Crippen LogP contribution is -2.42. The molecule has 1 fully saturated rings. The molecule has 1 atom stereocenters. The van der Waals surface area contributed by atoms with Gasteiger partial charge < -0.3 is 10.2 Å². The van der Waals surface area contributed by atoms with Gasteiger partial charge in [0, 0.05) is 11.5 Å². The fourth-order valence-corrected chi connectivity index (χ4v) is 2.39. The highest BCUT2D eigenvalue weighted by Crippen LogP contribution is 2.26. The first-order chi connectivity index (χ1) is 9.11. The van der Waals surface area contributed by atoms with Crippen LogP contribution in [-0.4, -0.2) is 17.9 Å². The summed E-state index contributed by atoms with van der Waals surface area (Å²) < 4.78 is 1.03. The molecule has 0 spiro atoms. The predicted molar refractivity (Wildman–Crippen MR) is 82.5 cm³/mol. The van der Waals surface area contributed by atoms with Crippen LogP contribution < -0.4 is 5.32 Å². The lowest BCUT2D eigenvalue weighted by molar-refractivity contribution is -0.130. The van der Waals surface area contributed by atoms with Gasteiger partial charge in [0.1, 0.15) is 5.82 Å². The summed E-state index contributed by atoms with van der Waals surface area (Å²) in [6, 6.07) is 8.11. The summed E-state index contributed by atoms with van der Waals surface area (Å²) in [5.74, 6) is 1.01. The Morgan fingerprint density at radius 2 is 2.11 bits per heavy atom. The van der Waals surface area contributed by atoms with Crippen LogP contribution in [0.15, 0.2) is 40.6 Å². The number of allylic oxidation sites excluding steroid dienone is 1. The molecule has 1 amide bonds. The molecule has 0 saturated carbocycles. The number of carbonyl (C=O) groups is 1. The topological polar surface area (TPSA) is 32.3 Å². The van der Waals surface area contributed by atoms with Gasteiger partial charge in [-0.3, -0.25) is 4.79 Å². The van der Waals surface area contributed by atoms with Crippen molar-refractivity contribution in [1.29, 1.82) is 0 Å². The fraction of sp³-hybridized carbons (Fsp3) is 0.400. The molecule has 104 valence electrons. The number of rotatable bonds is 1. The summed E-state index contributed by atoms with van der Waals surface area (Å²) >= 11 is 3.45. The number of hydrogen-bond acceptors (Lipinski definition) is 2. The van der Waals surface area contributed by atoms with Gasteiger partial charge in [-0.2, -0.15) is 0 Å². The highest BCUT2D eigenvalue weighted by Gasteiger charge is 2.27. The Balaban J connectivity index is 0.000000861. The van der Waals surface area contributed by atoms with Crippen LogP contribution >= 0.6 is 15.9 Å². The largest absolute Gasteiger partial charge is 0.364 e. The summed E-state index contributed by atoms with van der Waals surface area (Å²) in [6.07, 6.45) is 2.41. The summed E-state index contributed by atoms with van der Waals surface area (Å²) in [5, 5.41) is 3.37. The lowest BCUT2D eigenvalue weighted by Gasteiger charge is -2.33. The molecule has 1 aliphatic heterocycles. The maximum atomic E-state index is 11.9. The predicted octanol–water partition coefficient (Wildman–Crippen LogP) is 3.83. The van der Waals surface area contributed by atoms with E-state index in [1.54, 1.807) is 11.9 Å². The van der Waals surface area contributed by atoms with E-state index in [1.165, 1.54) is 0 Å². The molecule has 0 aliphatic carbocycles. The van der Waals surface area contributed by atoms with E-state index in [1.807, 2.05) is 51.1 Å². The van der Waals surface area contributed by atoms with Gasteiger partial charge in [0.05, 0.1) is 12.5 Å². The Bertz CT molecular complexity index is 471. The smallest absolute Gasteiger partial charge is 0.230 e. The molecule has 1 N–H and O–H groups in total. The molecule has 1 saturated heterocycles. The number of nitrogens with one attached hydrogen (secondary N) is 1. The maximum absolute atomic E-state index is 11.9. The van der Waals surface area contributed by atoms with Crippen LogP contribution in [0, 0.1) is 0 Å². The van der Waals surface area contributed by atoms with Crippen molar-refractivity contribution in [2.24, 2.45) is 0 Å². The monoisotopic (exact) mass is 324 g/mol. The summed E-state index contributed by atoms with van der Waals surface area (Å²) in [4.78, 5) is 13.5. The Hall–Kier alpha value is -1.29. The number of benzene rings is 1. The summed E-state index contributed by atoms with van der Waals surface area (Å²) in [7, 11) is 1.79. The van der Waals surface area contributed by atoms with Crippen molar-refractivity contribution in [3.05, 3.63) is 46.2 Å². The molecule has 0 radical (unpaired) electrons. The maximum Gasteiger partial charge on any atom is 0.230 e. The van der Waals surface area contributed by atoms with Crippen molar-refractivity contribution in [2.45, 2.75) is 33.2 Å². The van der Waals surface area contributed by atoms with E-state index < -0.39 is 0 Å². The molecule has 4 heteroatoms. The summed E-state index contributed by atoms with van der Waals surface area (Å²) in [5.41, 5.74) is 1.13. The second kappa shape index (κ2) is 7.34. The average molecular weight is 325 g/mol. The average Bonchev–Trinajstić information content (AvgIpc) is 2.44.